The molecule has 116 valence electrons. The Morgan fingerprint density at radius 1 is 1.33 bits per heavy atom. The van der Waals surface area contributed by atoms with Gasteiger partial charge in [0.2, 0.25) is 0 Å². The van der Waals surface area contributed by atoms with Crippen molar-refractivity contribution in [3.05, 3.63) is 29.6 Å². The molecule has 1 fully saturated rings. The number of nitrogens with zero attached hydrogens (tertiary/aromatic N) is 3. The number of pyridine rings is 1. The summed E-state index contributed by atoms with van der Waals surface area (Å²) in [6.45, 7) is 8.24. The average molecular weight is 290 g/mol. The van der Waals surface area contributed by atoms with Crippen molar-refractivity contribution in [2.24, 2.45) is 5.73 Å². The third kappa shape index (κ3) is 4.02. The summed E-state index contributed by atoms with van der Waals surface area (Å²) in [4.78, 5) is 21.1. The Kier molecular flexibility index (Phi) is 5.70. The first-order valence-corrected chi connectivity index (χ1v) is 7.82. The molecule has 21 heavy (non-hydrogen) atoms. The fourth-order valence-corrected chi connectivity index (χ4v) is 2.95. The predicted octanol–water partition coefficient (Wildman–Crippen LogP) is 1.28. The number of nitrogens with two attached hydrogens (primary N) is 1. The molecule has 0 saturated carbocycles. The molecule has 5 heteroatoms. The molecule has 5 nitrogen and oxygen atoms in total. The Labute approximate surface area is 127 Å². The first-order chi connectivity index (χ1) is 10.2. The van der Waals surface area contributed by atoms with Crippen LogP contribution in [0.5, 0.6) is 0 Å². The first kappa shape index (κ1) is 15.9. The molecule has 0 aromatic carbocycles. The maximum atomic E-state index is 12.4. The number of rotatable bonds is 5. The van der Waals surface area contributed by atoms with Gasteiger partial charge in [-0.25, -0.2) is 4.98 Å². The lowest BCUT2D eigenvalue weighted by atomic mass is 10.1. The lowest BCUT2D eigenvalue weighted by Crippen LogP contribution is -2.52. The van der Waals surface area contributed by atoms with Crippen molar-refractivity contribution >= 4 is 5.91 Å². The minimum atomic E-state index is 0.0465. The fourth-order valence-electron chi connectivity index (χ4n) is 2.95. The van der Waals surface area contributed by atoms with Crippen molar-refractivity contribution in [3.8, 4) is 0 Å². The number of carbonyl (C=O) groups excluding carboxylic acids is 1. The summed E-state index contributed by atoms with van der Waals surface area (Å²) in [5.74, 6) is 0.0465. The maximum Gasteiger partial charge on any atom is 0.272 e. The van der Waals surface area contributed by atoms with Gasteiger partial charge in [-0.15, -0.1) is 0 Å². The molecule has 0 aliphatic carbocycles. The third-order valence-electron chi connectivity index (χ3n) is 4.20. The van der Waals surface area contributed by atoms with Crippen LogP contribution in [0.3, 0.4) is 0 Å². The molecule has 1 aromatic rings. The summed E-state index contributed by atoms with van der Waals surface area (Å²) >= 11 is 0. The van der Waals surface area contributed by atoms with Gasteiger partial charge in [-0.3, -0.25) is 9.69 Å². The van der Waals surface area contributed by atoms with Crippen LogP contribution in [0.25, 0.3) is 0 Å². The molecule has 2 N–H and O–H groups in total. The van der Waals surface area contributed by atoms with Crippen LogP contribution >= 0.6 is 0 Å². The molecule has 1 aliphatic rings. The van der Waals surface area contributed by atoms with E-state index in [2.05, 4.69) is 16.8 Å². The van der Waals surface area contributed by atoms with Gasteiger partial charge in [0.05, 0.1) is 0 Å². The Hall–Kier alpha value is -1.46. The summed E-state index contributed by atoms with van der Waals surface area (Å²) in [5, 5.41) is 0. The standard InChI is InChI=1S/C16H26N4O/c1-3-14(7-8-17)19-9-11-20(12-10-19)16(21)15-6-4-5-13(2)18-15/h4-6,14H,3,7-12,17H2,1-2H3. The summed E-state index contributed by atoms with van der Waals surface area (Å²) in [6, 6.07) is 6.14. The Morgan fingerprint density at radius 2 is 2.05 bits per heavy atom. The number of aryl methyl sites for hydroxylation is 1. The minimum absolute atomic E-state index is 0.0465. The predicted molar refractivity (Wildman–Crippen MR) is 84.2 cm³/mol. The van der Waals surface area contributed by atoms with Crippen molar-refractivity contribution in [2.75, 3.05) is 32.7 Å². The third-order valence-corrected chi connectivity index (χ3v) is 4.20. The second kappa shape index (κ2) is 7.52. The molecule has 1 unspecified atom stereocenters. The van der Waals surface area contributed by atoms with Crippen LogP contribution < -0.4 is 5.73 Å². The lowest BCUT2D eigenvalue weighted by molar-refractivity contribution is 0.0551. The van der Waals surface area contributed by atoms with E-state index in [1.165, 1.54) is 0 Å². The molecule has 0 bridgehead atoms. The summed E-state index contributed by atoms with van der Waals surface area (Å²) < 4.78 is 0. The smallest absolute Gasteiger partial charge is 0.272 e. The highest BCUT2D eigenvalue weighted by molar-refractivity contribution is 5.92. The van der Waals surface area contributed by atoms with Crippen molar-refractivity contribution in [1.82, 2.24) is 14.8 Å². The quantitative estimate of drug-likeness (QED) is 0.887. The van der Waals surface area contributed by atoms with E-state index in [1.54, 1.807) is 6.07 Å². The van der Waals surface area contributed by atoms with E-state index in [0.717, 1.165) is 51.3 Å². The maximum absolute atomic E-state index is 12.4. The molecule has 1 aliphatic heterocycles. The van der Waals surface area contributed by atoms with Crippen LogP contribution in [-0.4, -0.2) is 59.5 Å². The molecule has 1 aromatic heterocycles. The van der Waals surface area contributed by atoms with Crippen LogP contribution in [-0.2, 0) is 0 Å². The van der Waals surface area contributed by atoms with Crippen LogP contribution in [0.2, 0.25) is 0 Å². The van der Waals surface area contributed by atoms with E-state index in [-0.39, 0.29) is 5.91 Å². The monoisotopic (exact) mass is 290 g/mol. The molecule has 0 radical (unpaired) electrons. The molecule has 2 heterocycles. The second-order valence-electron chi connectivity index (χ2n) is 5.63. The summed E-state index contributed by atoms with van der Waals surface area (Å²) in [5.41, 5.74) is 7.11. The molecule has 2 rings (SSSR count). The van der Waals surface area contributed by atoms with Gasteiger partial charge in [-0.1, -0.05) is 13.0 Å². The normalized spacial score (nSPS) is 17.8. The van der Waals surface area contributed by atoms with E-state index in [9.17, 15) is 4.79 Å². The van der Waals surface area contributed by atoms with Crippen molar-refractivity contribution in [2.45, 2.75) is 32.7 Å². The molecular weight excluding hydrogens is 264 g/mol. The van der Waals surface area contributed by atoms with Gasteiger partial charge in [0.15, 0.2) is 0 Å². The molecule has 1 saturated heterocycles. The Balaban J connectivity index is 1.93. The van der Waals surface area contributed by atoms with Gasteiger partial charge in [0.25, 0.3) is 5.91 Å². The van der Waals surface area contributed by atoms with Crippen molar-refractivity contribution < 1.29 is 4.79 Å². The van der Waals surface area contributed by atoms with Gasteiger partial charge in [-0.05, 0) is 38.4 Å². The highest BCUT2D eigenvalue weighted by Gasteiger charge is 2.25. The van der Waals surface area contributed by atoms with Gasteiger partial charge in [-0.2, -0.15) is 0 Å². The van der Waals surface area contributed by atoms with E-state index < -0.39 is 0 Å². The lowest BCUT2D eigenvalue weighted by Gasteiger charge is -2.39. The van der Waals surface area contributed by atoms with Crippen LogP contribution in [0.15, 0.2) is 18.2 Å². The highest BCUT2D eigenvalue weighted by atomic mass is 16.2. The topological polar surface area (TPSA) is 62.5 Å². The number of aromatic nitrogens is 1. The van der Waals surface area contributed by atoms with E-state index >= 15 is 0 Å². The van der Waals surface area contributed by atoms with E-state index in [0.29, 0.717) is 11.7 Å². The minimum Gasteiger partial charge on any atom is -0.335 e. The van der Waals surface area contributed by atoms with Gasteiger partial charge in [0, 0.05) is 37.9 Å². The number of hydrogen-bond acceptors (Lipinski definition) is 4. The second-order valence-corrected chi connectivity index (χ2v) is 5.63. The van der Waals surface area contributed by atoms with Crippen LogP contribution in [0, 0.1) is 6.92 Å². The molecular formula is C16H26N4O. The summed E-state index contributed by atoms with van der Waals surface area (Å²) in [7, 11) is 0. The zero-order valence-corrected chi connectivity index (χ0v) is 13.1. The zero-order valence-electron chi connectivity index (χ0n) is 13.1. The van der Waals surface area contributed by atoms with Gasteiger partial charge in [0.1, 0.15) is 5.69 Å². The first-order valence-electron chi connectivity index (χ1n) is 7.82. The van der Waals surface area contributed by atoms with E-state index in [4.69, 9.17) is 5.73 Å². The summed E-state index contributed by atoms with van der Waals surface area (Å²) in [6.07, 6.45) is 2.15. The largest absolute Gasteiger partial charge is 0.335 e. The molecule has 1 amide bonds. The van der Waals surface area contributed by atoms with Crippen LogP contribution in [0.4, 0.5) is 0 Å². The number of carbonyl (C=O) groups is 1. The van der Waals surface area contributed by atoms with Gasteiger partial charge >= 0.3 is 0 Å². The van der Waals surface area contributed by atoms with Crippen molar-refractivity contribution in [3.63, 3.8) is 0 Å². The Bertz CT molecular complexity index is 469. The molecule has 1 atom stereocenters. The Morgan fingerprint density at radius 3 is 2.62 bits per heavy atom. The SMILES string of the molecule is CCC(CCN)N1CCN(C(=O)c2cccc(C)n2)CC1. The number of hydrogen-bond donors (Lipinski definition) is 1. The van der Waals surface area contributed by atoms with Crippen LogP contribution in [0.1, 0.15) is 35.9 Å². The fraction of sp³-hybridized carbons (Fsp3) is 0.625. The van der Waals surface area contributed by atoms with E-state index in [1.807, 2.05) is 24.0 Å². The number of piperazine rings is 1. The number of amides is 1. The molecule has 0 spiro atoms. The average Bonchev–Trinajstić information content (AvgIpc) is 2.52. The highest BCUT2D eigenvalue weighted by Crippen LogP contribution is 2.13. The van der Waals surface area contributed by atoms with Gasteiger partial charge < -0.3 is 10.6 Å². The van der Waals surface area contributed by atoms with Crippen molar-refractivity contribution in [1.29, 1.82) is 0 Å². The zero-order chi connectivity index (χ0) is 15.2.